The van der Waals surface area contributed by atoms with Gasteiger partial charge in [-0.25, -0.2) is 17.9 Å². The minimum atomic E-state index is -3.88. The predicted molar refractivity (Wildman–Crippen MR) is 78.5 cm³/mol. The number of hydrogen-bond acceptors (Lipinski definition) is 6. The molecule has 0 saturated carbocycles. The third kappa shape index (κ3) is 4.42. The van der Waals surface area contributed by atoms with Crippen LogP contribution >= 0.6 is 0 Å². The quantitative estimate of drug-likeness (QED) is 0.568. The van der Waals surface area contributed by atoms with E-state index in [1.54, 1.807) is 0 Å². The largest absolute Gasteiger partial charge is 0.465 e. The van der Waals surface area contributed by atoms with Gasteiger partial charge in [0.25, 0.3) is 0 Å². The second-order valence-electron chi connectivity index (χ2n) is 4.43. The molecule has 1 aromatic carbocycles. The van der Waals surface area contributed by atoms with Crippen molar-refractivity contribution in [3.63, 3.8) is 0 Å². The van der Waals surface area contributed by atoms with E-state index in [0.29, 0.717) is 6.42 Å². The number of esters is 1. The highest BCUT2D eigenvalue weighted by Crippen LogP contribution is 2.20. The lowest BCUT2D eigenvalue weighted by Gasteiger charge is -2.17. The molecule has 1 atom stereocenters. The van der Waals surface area contributed by atoms with Gasteiger partial charge in [-0.05, 0) is 24.6 Å². The van der Waals surface area contributed by atoms with E-state index in [9.17, 15) is 13.2 Å². The van der Waals surface area contributed by atoms with Crippen molar-refractivity contribution >= 4 is 21.7 Å². The van der Waals surface area contributed by atoms with Crippen LogP contribution in [0, 0.1) is 0 Å². The van der Waals surface area contributed by atoms with Crippen LogP contribution in [0.5, 0.6) is 0 Å². The summed E-state index contributed by atoms with van der Waals surface area (Å²) in [6.45, 7) is 2.06. The molecule has 21 heavy (non-hydrogen) atoms. The lowest BCUT2D eigenvalue weighted by molar-refractivity contribution is 0.0596. The van der Waals surface area contributed by atoms with Crippen molar-refractivity contribution < 1.29 is 22.7 Å². The molecule has 0 amide bonds. The Morgan fingerprint density at radius 2 is 2.05 bits per heavy atom. The summed E-state index contributed by atoms with van der Waals surface area (Å²) in [7, 11) is -1.22. The fraction of sp³-hybridized carbons (Fsp3) is 0.462. The first-order valence-corrected chi connectivity index (χ1v) is 7.83. The lowest BCUT2D eigenvalue weighted by atomic mass is 10.2. The average Bonchev–Trinajstić information content (AvgIpc) is 2.45. The molecule has 1 rings (SSSR count). The van der Waals surface area contributed by atoms with E-state index in [1.165, 1.54) is 32.4 Å². The Balaban J connectivity index is 3.22. The molecule has 0 spiro atoms. The molecule has 8 heteroatoms. The van der Waals surface area contributed by atoms with Gasteiger partial charge in [0, 0.05) is 18.8 Å². The molecule has 1 aromatic rings. The van der Waals surface area contributed by atoms with Gasteiger partial charge in [0.05, 0.1) is 24.2 Å². The lowest BCUT2D eigenvalue weighted by Crippen LogP contribution is -2.38. The number of hydrogen-bond donors (Lipinski definition) is 2. The zero-order valence-corrected chi connectivity index (χ0v) is 13.1. The molecule has 7 nitrogen and oxygen atoms in total. The zero-order valence-electron chi connectivity index (χ0n) is 12.3. The van der Waals surface area contributed by atoms with Gasteiger partial charge in [-0.3, -0.25) is 0 Å². The number of sulfonamides is 1. The topological polar surface area (TPSA) is 108 Å². The normalized spacial score (nSPS) is 12.9. The molecule has 118 valence electrons. The summed E-state index contributed by atoms with van der Waals surface area (Å²) in [6.07, 6.45) is 0.551. The third-order valence-corrected chi connectivity index (χ3v) is 4.46. The van der Waals surface area contributed by atoms with Crippen molar-refractivity contribution in [2.75, 3.05) is 26.6 Å². The van der Waals surface area contributed by atoms with E-state index >= 15 is 0 Å². The SMILES string of the molecule is CCC(COC)NS(=O)(=O)c1ccc(N)cc1C(=O)OC. The smallest absolute Gasteiger partial charge is 0.339 e. The van der Waals surface area contributed by atoms with E-state index < -0.39 is 16.0 Å². The average molecular weight is 316 g/mol. The first kappa shape index (κ1) is 17.4. The van der Waals surface area contributed by atoms with Crippen LogP contribution in [0.3, 0.4) is 0 Å². The van der Waals surface area contributed by atoms with Gasteiger partial charge in [0.15, 0.2) is 0 Å². The maximum absolute atomic E-state index is 12.4. The number of rotatable bonds is 7. The second kappa shape index (κ2) is 7.39. The maximum Gasteiger partial charge on any atom is 0.339 e. The van der Waals surface area contributed by atoms with Crippen LogP contribution in [0.25, 0.3) is 0 Å². The summed E-state index contributed by atoms with van der Waals surface area (Å²) in [5.41, 5.74) is 5.77. The molecule has 3 N–H and O–H groups in total. The number of benzene rings is 1. The molecule has 1 unspecified atom stereocenters. The molecule has 0 bridgehead atoms. The first-order chi connectivity index (χ1) is 9.85. The number of carbonyl (C=O) groups is 1. The molecule has 0 aliphatic rings. The van der Waals surface area contributed by atoms with E-state index in [0.717, 1.165) is 0 Å². The van der Waals surface area contributed by atoms with Crippen molar-refractivity contribution in [1.82, 2.24) is 4.72 Å². The van der Waals surface area contributed by atoms with E-state index in [-0.39, 0.29) is 28.8 Å². The Hall–Kier alpha value is -1.64. The Labute approximate surface area is 124 Å². The van der Waals surface area contributed by atoms with Crippen LogP contribution in [0.2, 0.25) is 0 Å². The molecular formula is C13H20N2O5S. The Morgan fingerprint density at radius 3 is 2.57 bits per heavy atom. The predicted octanol–water partition coefficient (Wildman–Crippen LogP) is 0.759. The number of nitrogens with one attached hydrogen (secondary N) is 1. The highest BCUT2D eigenvalue weighted by molar-refractivity contribution is 7.89. The van der Waals surface area contributed by atoms with E-state index in [1.807, 2.05) is 6.92 Å². The number of carbonyl (C=O) groups excluding carboxylic acids is 1. The van der Waals surface area contributed by atoms with Gasteiger partial charge in [-0.2, -0.15) is 0 Å². The fourth-order valence-electron chi connectivity index (χ4n) is 1.77. The van der Waals surface area contributed by atoms with Crippen LogP contribution < -0.4 is 10.5 Å². The van der Waals surface area contributed by atoms with Crippen LogP contribution in [-0.4, -0.2) is 41.3 Å². The van der Waals surface area contributed by atoms with Crippen LogP contribution in [0.15, 0.2) is 23.1 Å². The van der Waals surface area contributed by atoms with Gasteiger partial charge in [0.1, 0.15) is 0 Å². The summed E-state index contributed by atoms with van der Waals surface area (Å²) in [4.78, 5) is 11.6. The van der Waals surface area contributed by atoms with Gasteiger partial charge < -0.3 is 15.2 Å². The molecule has 0 aliphatic carbocycles. The van der Waals surface area contributed by atoms with Crippen molar-refractivity contribution in [3.05, 3.63) is 23.8 Å². The second-order valence-corrected chi connectivity index (χ2v) is 6.11. The Kier molecular flexibility index (Phi) is 6.13. The zero-order chi connectivity index (χ0) is 16.0. The monoisotopic (exact) mass is 316 g/mol. The van der Waals surface area contributed by atoms with Crippen molar-refractivity contribution in [1.29, 1.82) is 0 Å². The fourth-order valence-corrected chi connectivity index (χ4v) is 3.25. The molecule has 0 saturated heterocycles. The molecule has 0 aromatic heterocycles. The maximum atomic E-state index is 12.4. The van der Waals surface area contributed by atoms with Gasteiger partial charge in [0.2, 0.25) is 10.0 Å². The number of nitrogen functional groups attached to an aromatic ring is 1. The molecule has 0 radical (unpaired) electrons. The number of nitrogens with two attached hydrogens (primary N) is 1. The summed E-state index contributed by atoms with van der Waals surface area (Å²) >= 11 is 0. The van der Waals surface area contributed by atoms with Crippen molar-refractivity contribution in [3.8, 4) is 0 Å². The van der Waals surface area contributed by atoms with E-state index in [4.69, 9.17) is 10.5 Å². The van der Waals surface area contributed by atoms with Gasteiger partial charge in [-0.1, -0.05) is 6.92 Å². The summed E-state index contributed by atoms with van der Waals surface area (Å²) in [5.74, 6) is -0.762. The third-order valence-electron chi connectivity index (χ3n) is 2.88. The van der Waals surface area contributed by atoms with Crippen molar-refractivity contribution in [2.24, 2.45) is 0 Å². The van der Waals surface area contributed by atoms with Crippen LogP contribution in [0.4, 0.5) is 5.69 Å². The molecular weight excluding hydrogens is 296 g/mol. The van der Waals surface area contributed by atoms with Gasteiger partial charge >= 0.3 is 5.97 Å². The minimum Gasteiger partial charge on any atom is -0.465 e. The number of methoxy groups -OCH3 is 2. The van der Waals surface area contributed by atoms with Crippen molar-refractivity contribution in [2.45, 2.75) is 24.3 Å². The number of ether oxygens (including phenoxy) is 2. The summed E-state index contributed by atoms with van der Waals surface area (Å²) < 4.78 is 36.9. The highest BCUT2D eigenvalue weighted by atomic mass is 32.2. The van der Waals surface area contributed by atoms with Crippen LogP contribution in [0.1, 0.15) is 23.7 Å². The highest BCUT2D eigenvalue weighted by Gasteiger charge is 2.25. The summed E-state index contributed by atoms with van der Waals surface area (Å²) in [5, 5.41) is 0. The minimum absolute atomic E-state index is 0.0998. The molecule has 0 fully saturated rings. The van der Waals surface area contributed by atoms with Gasteiger partial charge in [-0.15, -0.1) is 0 Å². The number of anilines is 1. The Morgan fingerprint density at radius 1 is 1.38 bits per heavy atom. The molecule has 0 aliphatic heterocycles. The van der Waals surface area contributed by atoms with E-state index in [2.05, 4.69) is 9.46 Å². The Bertz CT molecular complexity index is 601. The first-order valence-electron chi connectivity index (χ1n) is 6.34. The van der Waals surface area contributed by atoms with Crippen LogP contribution in [-0.2, 0) is 19.5 Å². The standard InChI is InChI=1S/C13H20N2O5S/c1-4-10(8-19-2)15-21(17,18)12-6-5-9(14)7-11(12)13(16)20-3/h5-7,10,15H,4,8,14H2,1-3H3. The summed E-state index contributed by atoms with van der Waals surface area (Å²) in [6, 6.07) is 3.59. The molecule has 0 heterocycles.